The van der Waals surface area contributed by atoms with Crippen molar-refractivity contribution in [2.24, 2.45) is 0 Å². The Hall–Kier alpha value is -1.68. The molecule has 0 saturated carbocycles. The van der Waals surface area contributed by atoms with Crippen LogP contribution in [0, 0.1) is 0 Å². The second kappa shape index (κ2) is 9.69. The number of amides is 1. The molecule has 1 atom stereocenters. The van der Waals surface area contributed by atoms with Crippen LogP contribution in [0.5, 0.6) is 0 Å². The molecule has 10 heteroatoms. The number of hydrogen-bond donors (Lipinski definition) is 0. The lowest BCUT2D eigenvalue weighted by molar-refractivity contribution is -0.138. The van der Waals surface area contributed by atoms with E-state index < -0.39 is 22.6 Å². The summed E-state index contributed by atoms with van der Waals surface area (Å²) >= 11 is 5.97. The van der Waals surface area contributed by atoms with Crippen LogP contribution in [-0.4, -0.2) is 63.0 Å². The molecule has 1 heterocycles. The molecule has 1 fully saturated rings. The molecule has 1 aliphatic rings. The highest BCUT2D eigenvalue weighted by molar-refractivity contribution is 7.89. The molecular weight excluding hydrogens is 408 g/mol. The third-order valence-electron chi connectivity index (χ3n) is 4.79. The van der Waals surface area contributed by atoms with Gasteiger partial charge < -0.3 is 9.64 Å². The van der Waals surface area contributed by atoms with Crippen LogP contribution in [0.15, 0.2) is 23.1 Å². The number of halogens is 1. The van der Waals surface area contributed by atoms with Crippen LogP contribution in [0.1, 0.15) is 43.0 Å². The normalized spacial score (nSPS) is 17.6. The predicted octanol–water partition coefficient (Wildman–Crippen LogP) is 2.47. The summed E-state index contributed by atoms with van der Waals surface area (Å²) in [6.45, 7) is 2.29. The van der Waals surface area contributed by atoms with Crippen molar-refractivity contribution >= 4 is 33.5 Å². The lowest BCUT2D eigenvalue weighted by Gasteiger charge is -2.35. The molecule has 1 aromatic rings. The Bertz CT molecular complexity index is 829. The third kappa shape index (κ3) is 5.02. The number of rotatable bonds is 7. The highest BCUT2D eigenvalue weighted by Gasteiger charge is 2.28. The Morgan fingerprint density at radius 2 is 2.04 bits per heavy atom. The average molecular weight is 433 g/mol. The fourth-order valence-electron chi connectivity index (χ4n) is 3.11. The summed E-state index contributed by atoms with van der Waals surface area (Å²) in [5.41, 5.74) is -0.0223. The van der Waals surface area contributed by atoms with Crippen LogP contribution >= 0.6 is 11.6 Å². The highest BCUT2D eigenvalue weighted by atomic mass is 35.5. The Labute approximate surface area is 170 Å². The van der Waals surface area contributed by atoms with Crippen LogP contribution in [0.2, 0.25) is 5.02 Å². The monoisotopic (exact) mass is 432 g/mol. The van der Waals surface area contributed by atoms with E-state index in [0.29, 0.717) is 11.0 Å². The molecule has 1 aliphatic heterocycles. The number of hydrogen-bond acceptors (Lipinski definition) is 6. The maximum absolute atomic E-state index is 12.4. The van der Waals surface area contributed by atoms with Crippen molar-refractivity contribution in [1.29, 1.82) is 0 Å². The number of carbonyl (C=O) groups is 2. The summed E-state index contributed by atoms with van der Waals surface area (Å²) in [6.07, 6.45) is 3.81. The zero-order valence-corrected chi connectivity index (χ0v) is 17.8. The lowest BCUT2D eigenvalue weighted by atomic mass is 10.00. The van der Waals surface area contributed by atoms with E-state index in [-0.39, 0.29) is 27.4 Å². The molecule has 0 spiro atoms. The predicted molar refractivity (Wildman–Crippen MR) is 103 cm³/mol. The van der Waals surface area contributed by atoms with E-state index in [1.807, 2.05) is 6.92 Å². The SMILES string of the molecule is CCC1CCCCN1C(=O)COC(=O)c1ccc(Cl)c(S(=O)(=O)N(C)OC)c1. The number of carbonyl (C=O) groups excluding carboxylic acids is 2. The molecule has 1 aromatic carbocycles. The van der Waals surface area contributed by atoms with Crippen molar-refractivity contribution in [3.63, 3.8) is 0 Å². The van der Waals surface area contributed by atoms with E-state index in [9.17, 15) is 18.0 Å². The van der Waals surface area contributed by atoms with E-state index in [2.05, 4.69) is 0 Å². The summed E-state index contributed by atoms with van der Waals surface area (Å²) < 4.78 is 30.6. The molecular formula is C18H25ClN2O6S. The van der Waals surface area contributed by atoms with E-state index in [1.54, 1.807) is 4.90 Å². The second-order valence-electron chi connectivity index (χ2n) is 6.46. The van der Waals surface area contributed by atoms with Crippen LogP contribution in [0.25, 0.3) is 0 Å². The van der Waals surface area contributed by atoms with Gasteiger partial charge in [0.1, 0.15) is 4.90 Å². The van der Waals surface area contributed by atoms with Crippen molar-refractivity contribution in [3.05, 3.63) is 28.8 Å². The zero-order valence-electron chi connectivity index (χ0n) is 16.2. The first-order chi connectivity index (χ1) is 13.2. The number of piperidine rings is 1. The smallest absolute Gasteiger partial charge is 0.338 e. The van der Waals surface area contributed by atoms with E-state index in [1.165, 1.54) is 26.3 Å². The van der Waals surface area contributed by atoms with Gasteiger partial charge in [0.25, 0.3) is 15.9 Å². The fourth-order valence-corrected chi connectivity index (χ4v) is 4.59. The number of sulfonamides is 1. The van der Waals surface area contributed by atoms with Gasteiger partial charge in [-0.15, -0.1) is 0 Å². The molecule has 8 nitrogen and oxygen atoms in total. The number of ether oxygens (including phenoxy) is 1. The first-order valence-corrected chi connectivity index (χ1v) is 10.8. The molecule has 156 valence electrons. The molecule has 0 bridgehead atoms. The van der Waals surface area contributed by atoms with Gasteiger partial charge >= 0.3 is 5.97 Å². The summed E-state index contributed by atoms with van der Waals surface area (Å²) in [5, 5.41) is -0.0596. The van der Waals surface area contributed by atoms with Crippen LogP contribution in [0.4, 0.5) is 0 Å². The van der Waals surface area contributed by atoms with E-state index >= 15 is 0 Å². The maximum Gasteiger partial charge on any atom is 0.338 e. The number of esters is 1. The Balaban J connectivity index is 2.10. The number of likely N-dealkylation sites (tertiary alicyclic amines) is 1. The Morgan fingerprint density at radius 3 is 2.68 bits per heavy atom. The van der Waals surface area contributed by atoms with E-state index in [4.69, 9.17) is 21.2 Å². The third-order valence-corrected chi connectivity index (χ3v) is 6.95. The van der Waals surface area contributed by atoms with Gasteiger partial charge in [-0.2, -0.15) is 0 Å². The van der Waals surface area contributed by atoms with Gasteiger partial charge in [-0.3, -0.25) is 9.63 Å². The minimum absolute atomic E-state index is 0.0223. The van der Waals surface area contributed by atoms with Crippen molar-refractivity contribution in [1.82, 2.24) is 9.37 Å². The number of nitrogens with zero attached hydrogens (tertiary/aromatic N) is 2. The molecule has 1 saturated heterocycles. The van der Waals surface area contributed by atoms with Gasteiger partial charge in [-0.25, -0.2) is 13.2 Å². The quantitative estimate of drug-likeness (QED) is 0.485. The number of hydroxylamine groups is 1. The zero-order chi connectivity index (χ0) is 20.9. The minimum Gasteiger partial charge on any atom is -0.452 e. The Morgan fingerprint density at radius 1 is 1.32 bits per heavy atom. The lowest BCUT2D eigenvalue weighted by Crippen LogP contribution is -2.45. The molecule has 0 aliphatic carbocycles. The average Bonchev–Trinajstić information content (AvgIpc) is 2.71. The molecule has 1 amide bonds. The van der Waals surface area contributed by atoms with Crippen molar-refractivity contribution in [3.8, 4) is 0 Å². The van der Waals surface area contributed by atoms with Gasteiger partial charge in [0.2, 0.25) is 0 Å². The van der Waals surface area contributed by atoms with Gasteiger partial charge in [0.05, 0.1) is 17.7 Å². The first-order valence-electron chi connectivity index (χ1n) is 9.01. The first kappa shape index (κ1) is 22.6. The standard InChI is InChI=1S/C18H25ClN2O6S/c1-4-14-7-5-6-10-21(14)17(22)12-27-18(23)13-8-9-15(19)16(11-13)28(24,25)20(2)26-3/h8-9,11,14H,4-7,10,12H2,1-3H3. The molecule has 0 radical (unpaired) electrons. The molecule has 0 N–H and O–H groups in total. The molecule has 28 heavy (non-hydrogen) atoms. The highest BCUT2D eigenvalue weighted by Crippen LogP contribution is 2.26. The molecule has 1 unspecified atom stereocenters. The Kier molecular flexibility index (Phi) is 7.82. The van der Waals surface area contributed by atoms with Gasteiger partial charge in [-0.1, -0.05) is 23.0 Å². The van der Waals surface area contributed by atoms with Crippen molar-refractivity contribution in [2.75, 3.05) is 27.3 Å². The van der Waals surface area contributed by atoms with Gasteiger partial charge in [0, 0.05) is 19.6 Å². The topological polar surface area (TPSA) is 93.2 Å². The second-order valence-corrected chi connectivity index (χ2v) is 8.78. The molecule has 0 aromatic heterocycles. The number of benzene rings is 1. The largest absolute Gasteiger partial charge is 0.452 e. The van der Waals surface area contributed by atoms with Crippen molar-refractivity contribution in [2.45, 2.75) is 43.5 Å². The summed E-state index contributed by atoms with van der Waals surface area (Å²) in [4.78, 5) is 30.9. The molecule has 2 rings (SSSR count). The summed E-state index contributed by atoms with van der Waals surface area (Å²) in [7, 11) is -1.64. The van der Waals surface area contributed by atoms with Gasteiger partial charge in [-0.05, 0) is 43.9 Å². The van der Waals surface area contributed by atoms with Gasteiger partial charge in [0.15, 0.2) is 6.61 Å². The van der Waals surface area contributed by atoms with E-state index in [0.717, 1.165) is 31.7 Å². The van der Waals surface area contributed by atoms with Crippen LogP contribution in [0.3, 0.4) is 0 Å². The minimum atomic E-state index is -4.04. The maximum atomic E-state index is 12.4. The fraction of sp³-hybridized carbons (Fsp3) is 0.556. The van der Waals surface area contributed by atoms with Crippen LogP contribution < -0.4 is 0 Å². The van der Waals surface area contributed by atoms with Crippen LogP contribution in [-0.2, 0) is 24.4 Å². The van der Waals surface area contributed by atoms with Crippen molar-refractivity contribution < 1.29 is 27.6 Å². The summed E-state index contributed by atoms with van der Waals surface area (Å²) in [6, 6.07) is 3.90. The summed E-state index contributed by atoms with van der Waals surface area (Å²) in [5.74, 6) is -1.05.